The minimum absolute atomic E-state index is 0.235. The highest BCUT2D eigenvalue weighted by atomic mass is 16.5. The number of hydrogen-bond donors (Lipinski definition) is 1. The maximum atomic E-state index is 6.70. The zero-order valence-electron chi connectivity index (χ0n) is 14.0. The van der Waals surface area contributed by atoms with Crippen LogP contribution in [0.5, 0.6) is 11.5 Å². The molecule has 0 unspecified atom stereocenters. The molecular weight excluding hydrogens is 262 g/mol. The molecule has 0 amide bonds. The van der Waals surface area contributed by atoms with Crippen LogP contribution in [0.4, 0.5) is 0 Å². The van der Waals surface area contributed by atoms with Crippen molar-refractivity contribution in [3.63, 3.8) is 0 Å². The lowest BCUT2D eigenvalue weighted by Crippen LogP contribution is -2.42. The fourth-order valence-corrected chi connectivity index (χ4v) is 3.43. The van der Waals surface area contributed by atoms with Crippen molar-refractivity contribution < 1.29 is 9.47 Å². The van der Waals surface area contributed by atoms with Crippen LogP contribution in [0.2, 0.25) is 0 Å². The van der Waals surface area contributed by atoms with Crippen molar-refractivity contribution in [2.24, 2.45) is 17.1 Å². The van der Waals surface area contributed by atoms with Gasteiger partial charge < -0.3 is 15.2 Å². The summed E-state index contributed by atoms with van der Waals surface area (Å²) in [5.41, 5.74) is 8.00. The summed E-state index contributed by atoms with van der Waals surface area (Å²) in [6.07, 6.45) is 4.44. The molecule has 2 N–H and O–H groups in total. The first-order chi connectivity index (χ1) is 9.80. The Bertz CT molecular complexity index is 482. The molecule has 1 aromatic carbocycles. The summed E-state index contributed by atoms with van der Waals surface area (Å²) in [6, 6.07) is 6.08. The van der Waals surface area contributed by atoms with Crippen LogP contribution in [-0.2, 0) is 5.54 Å². The Morgan fingerprint density at radius 2 is 1.62 bits per heavy atom. The van der Waals surface area contributed by atoms with Crippen molar-refractivity contribution >= 4 is 0 Å². The minimum Gasteiger partial charge on any atom is -0.493 e. The van der Waals surface area contributed by atoms with Crippen LogP contribution in [0.25, 0.3) is 0 Å². The van der Waals surface area contributed by atoms with E-state index in [2.05, 4.69) is 26.8 Å². The summed E-state index contributed by atoms with van der Waals surface area (Å²) in [6.45, 7) is 6.99. The summed E-state index contributed by atoms with van der Waals surface area (Å²) < 4.78 is 10.7. The van der Waals surface area contributed by atoms with Crippen molar-refractivity contribution in [1.82, 2.24) is 0 Å². The fourth-order valence-electron chi connectivity index (χ4n) is 3.43. The standard InChI is InChI=1S/C18H29NO2/c1-17(2,3)13-8-10-18(19,11-9-13)14-6-7-15(20-4)16(12-14)21-5/h6-7,12-13H,8-11,19H2,1-5H3. The molecule has 0 heterocycles. The number of rotatable bonds is 3. The van der Waals surface area contributed by atoms with E-state index in [4.69, 9.17) is 15.2 Å². The van der Waals surface area contributed by atoms with Gasteiger partial charge in [-0.3, -0.25) is 0 Å². The van der Waals surface area contributed by atoms with Gasteiger partial charge in [0.15, 0.2) is 11.5 Å². The molecule has 1 fully saturated rings. The second kappa shape index (κ2) is 5.88. The Morgan fingerprint density at radius 3 is 2.10 bits per heavy atom. The first-order valence-electron chi connectivity index (χ1n) is 7.81. The van der Waals surface area contributed by atoms with Crippen molar-refractivity contribution in [2.45, 2.75) is 52.0 Å². The van der Waals surface area contributed by atoms with Crippen molar-refractivity contribution in [3.8, 4) is 11.5 Å². The average molecular weight is 291 g/mol. The van der Waals surface area contributed by atoms with Gasteiger partial charge in [0.2, 0.25) is 0 Å². The first-order valence-corrected chi connectivity index (χ1v) is 7.81. The zero-order chi connectivity index (χ0) is 15.7. The van der Waals surface area contributed by atoms with E-state index in [0.717, 1.165) is 35.8 Å². The Balaban J connectivity index is 2.19. The van der Waals surface area contributed by atoms with Gasteiger partial charge in [0, 0.05) is 5.54 Å². The molecule has 1 aliphatic rings. The van der Waals surface area contributed by atoms with Gasteiger partial charge >= 0.3 is 0 Å². The van der Waals surface area contributed by atoms with Crippen molar-refractivity contribution in [3.05, 3.63) is 23.8 Å². The lowest BCUT2D eigenvalue weighted by Gasteiger charge is -2.42. The topological polar surface area (TPSA) is 44.5 Å². The van der Waals surface area contributed by atoms with E-state index in [0.29, 0.717) is 5.41 Å². The van der Waals surface area contributed by atoms with Crippen LogP contribution in [0, 0.1) is 11.3 Å². The molecule has 0 radical (unpaired) electrons. The van der Waals surface area contributed by atoms with Gasteiger partial charge in [0.05, 0.1) is 14.2 Å². The van der Waals surface area contributed by atoms with Crippen LogP contribution in [0.1, 0.15) is 52.0 Å². The number of hydrogen-bond acceptors (Lipinski definition) is 3. The molecule has 118 valence electrons. The van der Waals surface area contributed by atoms with Gasteiger partial charge in [-0.05, 0) is 54.7 Å². The number of benzene rings is 1. The van der Waals surface area contributed by atoms with Gasteiger partial charge in [-0.2, -0.15) is 0 Å². The third kappa shape index (κ3) is 3.34. The molecule has 21 heavy (non-hydrogen) atoms. The van der Waals surface area contributed by atoms with Crippen LogP contribution in [0.3, 0.4) is 0 Å². The lowest BCUT2D eigenvalue weighted by molar-refractivity contribution is 0.134. The molecule has 0 atom stereocenters. The smallest absolute Gasteiger partial charge is 0.161 e. The molecule has 0 bridgehead atoms. The van der Waals surface area contributed by atoms with E-state index in [9.17, 15) is 0 Å². The molecule has 3 nitrogen and oxygen atoms in total. The molecule has 1 aromatic rings. The third-order valence-electron chi connectivity index (χ3n) is 5.06. The number of ether oxygens (including phenoxy) is 2. The van der Waals surface area contributed by atoms with Crippen LogP contribution < -0.4 is 15.2 Å². The molecule has 0 aromatic heterocycles. The van der Waals surface area contributed by atoms with Gasteiger partial charge in [-0.15, -0.1) is 0 Å². The predicted molar refractivity (Wildman–Crippen MR) is 86.8 cm³/mol. The second-order valence-corrected chi connectivity index (χ2v) is 7.37. The van der Waals surface area contributed by atoms with E-state index in [1.165, 1.54) is 12.8 Å². The normalized spacial score (nSPS) is 26.5. The number of nitrogens with two attached hydrogens (primary N) is 1. The molecular formula is C18H29NO2. The highest BCUT2D eigenvalue weighted by Gasteiger charge is 2.37. The van der Waals surface area contributed by atoms with E-state index < -0.39 is 0 Å². The van der Waals surface area contributed by atoms with Crippen LogP contribution in [-0.4, -0.2) is 14.2 Å². The van der Waals surface area contributed by atoms with Gasteiger partial charge in [-0.25, -0.2) is 0 Å². The molecule has 0 saturated heterocycles. The fraction of sp³-hybridized carbons (Fsp3) is 0.667. The highest BCUT2D eigenvalue weighted by Crippen LogP contribution is 2.45. The van der Waals surface area contributed by atoms with E-state index in [1.807, 2.05) is 12.1 Å². The number of methoxy groups -OCH3 is 2. The van der Waals surface area contributed by atoms with Crippen molar-refractivity contribution in [2.75, 3.05) is 14.2 Å². The lowest BCUT2D eigenvalue weighted by atomic mass is 9.66. The quantitative estimate of drug-likeness (QED) is 0.912. The Morgan fingerprint density at radius 1 is 1.05 bits per heavy atom. The van der Waals surface area contributed by atoms with Gasteiger partial charge in [0.1, 0.15) is 0 Å². The monoisotopic (exact) mass is 291 g/mol. The summed E-state index contributed by atoms with van der Waals surface area (Å²) in [7, 11) is 3.33. The van der Waals surface area contributed by atoms with E-state index in [-0.39, 0.29) is 5.54 Å². The Labute approximate surface area is 128 Å². The summed E-state index contributed by atoms with van der Waals surface area (Å²) >= 11 is 0. The summed E-state index contributed by atoms with van der Waals surface area (Å²) in [5.74, 6) is 2.28. The molecule has 3 heteroatoms. The highest BCUT2D eigenvalue weighted by molar-refractivity contribution is 5.45. The van der Waals surface area contributed by atoms with Gasteiger partial charge in [-0.1, -0.05) is 26.8 Å². The van der Waals surface area contributed by atoms with Crippen LogP contribution >= 0.6 is 0 Å². The average Bonchev–Trinajstić information content (AvgIpc) is 2.46. The maximum absolute atomic E-state index is 6.70. The molecule has 1 aliphatic carbocycles. The van der Waals surface area contributed by atoms with Gasteiger partial charge in [0.25, 0.3) is 0 Å². The largest absolute Gasteiger partial charge is 0.493 e. The third-order valence-corrected chi connectivity index (χ3v) is 5.06. The molecule has 0 aliphatic heterocycles. The minimum atomic E-state index is -0.235. The zero-order valence-corrected chi connectivity index (χ0v) is 14.0. The first kappa shape index (κ1) is 16.2. The molecule has 1 saturated carbocycles. The SMILES string of the molecule is COc1ccc(C2(N)CCC(C(C)(C)C)CC2)cc1OC. The van der Waals surface area contributed by atoms with Crippen molar-refractivity contribution in [1.29, 1.82) is 0 Å². The Kier molecular flexibility index (Phi) is 4.52. The Hall–Kier alpha value is -1.22. The maximum Gasteiger partial charge on any atom is 0.161 e. The second-order valence-electron chi connectivity index (χ2n) is 7.37. The molecule has 0 spiro atoms. The summed E-state index contributed by atoms with van der Waals surface area (Å²) in [5, 5.41) is 0. The predicted octanol–water partition coefficient (Wildman–Crippen LogP) is 4.09. The van der Waals surface area contributed by atoms with E-state index >= 15 is 0 Å². The summed E-state index contributed by atoms with van der Waals surface area (Å²) in [4.78, 5) is 0. The van der Waals surface area contributed by atoms with E-state index in [1.54, 1.807) is 14.2 Å². The van der Waals surface area contributed by atoms with Crippen LogP contribution in [0.15, 0.2) is 18.2 Å². The molecule has 2 rings (SSSR count).